The number of halogens is 1. The Morgan fingerprint density at radius 2 is 1.63 bits per heavy atom. The number of hydrogen-bond donors (Lipinski definition) is 1. The molecular weight excluding hydrogens is 570 g/mol. The van der Waals surface area contributed by atoms with Crippen molar-refractivity contribution < 1.29 is 22.7 Å². The molecule has 1 N–H and O–H groups in total. The zero-order chi connectivity index (χ0) is 27.7. The molecule has 0 aromatic heterocycles. The fourth-order valence-electron chi connectivity index (χ4n) is 4.09. The molecule has 0 bridgehead atoms. The van der Waals surface area contributed by atoms with Gasteiger partial charge >= 0.3 is 0 Å². The van der Waals surface area contributed by atoms with Crippen LogP contribution in [0, 0.1) is 0 Å². The molecular formula is C28H32BrN3O5S. The maximum absolute atomic E-state index is 14.0. The van der Waals surface area contributed by atoms with Crippen molar-refractivity contribution in [1.82, 2.24) is 10.2 Å². The van der Waals surface area contributed by atoms with Gasteiger partial charge in [-0.15, -0.1) is 0 Å². The minimum atomic E-state index is -3.88. The van der Waals surface area contributed by atoms with Gasteiger partial charge in [0.2, 0.25) is 21.8 Å². The van der Waals surface area contributed by atoms with Crippen molar-refractivity contribution in [3.05, 3.63) is 94.5 Å². The lowest BCUT2D eigenvalue weighted by molar-refractivity contribution is -0.139. The Morgan fingerprint density at radius 3 is 2.26 bits per heavy atom. The average molecular weight is 603 g/mol. The van der Waals surface area contributed by atoms with Crippen molar-refractivity contribution in [2.24, 2.45) is 0 Å². The number of carbonyl (C=O) groups is 2. The lowest BCUT2D eigenvalue weighted by Gasteiger charge is -2.33. The average Bonchev–Trinajstić information content (AvgIpc) is 2.89. The second-order valence-electron chi connectivity index (χ2n) is 8.64. The Hall–Kier alpha value is -3.37. The van der Waals surface area contributed by atoms with Crippen LogP contribution >= 0.6 is 15.9 Å². The molecule has 3 aromatic carbocycles. The maximum Gasteiger partial charge on any atom is 0.244 e. The number of likely N-dealkylation sites (N-methyl/N-ethyl adjacent to an activating group) is 1. The molecule has 8 nitrogen and oxygen atoms in total. The molecule has 0 saturated carbocycles. The van der Waals surface area contributed by atoms with Gasteiger partial charge in [0.15, 0.2) is 0 Å². The van der Waals surface area contributed by atoms with Gasteiger partial charge in [0.25, 0.3) is 0 Å². The standard InChI is InChI=1S/C28H32BrN3O5S/c1-4-37-26-16-9-8-15-24(26)32(38(3,35)36)20-27(33)31(19-22-13-10-14-23(29)17-22)25(28(34)30-2)18-21-11-6-5-7-12-21/h5-17,25H,4,18-20H2,1-3H3,(H,30,34)/t25-/m1/s1. The summed E-state index contributed by atoms with van der Waals surface area (Å²) >= 11 is 3.46. The van der Waals surface area contributed by atoms with E-state index in [-0.39, 0.29) is 24.6 Å². The van der Waals surface area contributed by atoms with E-state index < -0.39 is 28.5 Å². The number of ether oxygens (including phenoxy) is 1. The largest absolute Gasteiger partial charge is 0.492 e. The Labute approximate surface area is 232 Å². The molecule has 0 heterocycles. The summed E-state index contributed by atoms with van der Waals surface area (Å²) in [7, 11) is -2.36. The fourth-order valence-corrected chi connectivity index (χ4v) is 5.39. The van der Waals surface area contributed by atoms with Crippen molar-refractivity contribution >= 4 is 43.5 Å². The first kappa shape index (κ1) is 29.2. The van der Waals surface area contributed by atoms with Crippen molar-refractivity contribution in [2.75, 3.05) is 30.8 Å². The van der Waals surface area contributed by atoms with Crippen molar-refractivity contribution in [3.8, 4) is 5.75 Å². The van der Waals surface area contributed by atoms with E-state index >= 15 is 0 Å². The van der Waals surface area contributed by atoms with E-state index in [0.29, 0.717) is 12.4 Å². The van der Waals surface area contributed by atoms with Crippen LogP contribution in [0.5, 0.6) is 5.75 Å². The summed E-state index contributed by atoms with van der Waals surface area (Å²) in [6.45, 7) is 1.73. The molecule has 1 atom stereocenters. The zero-order valence-corrected chi connectivity index (χ0v) is 24.0. The van der Waals surface area contributed by atoms with Crippen LogP contribution in [0.25, 0.3) is 0 Å². The van der Waals surface area contributed by atoms with E-state index in [1.807, 2.05) is 54.6 Å². The predicted molar refractivity (Wildman–Crippen MR) is 152 cm³/mol. The molecule has 38 heavy (non-hydrogen) atoms. The van der Waals surface area contributed by atoms with Gasteiger partial charge in [-0.3, -0.25) is 13.9 Å². The van der Waals surface area contributed by atoms with Gasteiger partial charge < -0.3 is 15.0 Å². The number of amides is 2. The number of sulfonamides is 1. The lowest BCUT2D eigenvalue weighted by atomic mass is 10.0. The number of anilines is 1. The van der Waals surface area contributed by atoms with Gasteiger partial charge in [-0.05, 0) is 42.3 Å². The molecule has 10 heteroatoms. The molecule has 0 aliphatic heterocycles. The van der Waals surface area contributed by atoms with Gasteiger partial charge in [-0.25, -0.2) is 8.42 Å². The molecule has 0 spiro atoms. The third-order valence-corrected chi connectivity index (χ3v) is 7.49. The smallest absolute Gasteiger partial charge is 0.244 e. The van der Waals surface area contributed by atoms with Gasteiger partial charge in [0, 0.05) is 24.5 Å². The van der Waals surface area contributed by atoms with Crippen molar-refractivity contribution in [2.45, 2.75) is 25.9 Å². The minimum absolute atomic E-state index is 0.105. The highest BCUT2D eigenvalue weighted by molar-refractivity contribution is 9.10. The summed E-state index contributed by atoms with van der Waals surface area (Å²) in [6.07, 6.45) is 1.30. The molecule has 0 aliphatic carbocycles. The van der Waals surface area contributed by atoms with Gasteiger partial charge in [0.1, 0.15) is 18.3 Å². The fraction of sp³-hybridized carbons (Fsp3) is 0.286. The summed E-state index contributed by atoms with van der Waals surface area (Å²) < 4.78 is 33.3. The third kappa shape index (κ3) is 7.82. The van der Waals surface area contributed by atoms with Crippen LogP contribution in [0.2, 0.25) is 0 Å². The summed E-state index contributed by atoms with van der Waals surface area (Å²) in [6, 6.07) is 22.6. The number of nitrogens with zero attached hydrogens (tertiary/aromatic N) is 2. The lowest BCUT2D eigenvalue weighted by Crippen LogP contribution is -2.52. The number of rotatable bonds is 12. The number of carbonyl (C=O) groups excluding carboxylic acids is 2. The van der Waals surface area contributed by atoms with E-state index in [1.165, 1.54) is 11.9 Å². The van der Waals surface area contributed by atoms with Crippen LogP contribution in [0.15, 0.2) is 83.3 Å². The normalized spacial score (nSPS) is 11.9. The van der Waals surface area contributed by atoms with E-state index in [4.69, 9.17) is 4.74 Å². The van der Waals surface area contributed by atoms with Crippen LogP contribution in [-0.2, 0) is 32.6 Å². The predicted octanol–water partition coefficient (Wildman–Crippen LogP) is 4.00. The Bertz CT molecular complexity index is 1350. The van der Waals surface area contributed by atoms with Gasteiger partial charge in [0.05, 0.1) is 18.6 Å². The van der Waals surface area contributed by atoms with Crippen LogP contribution < -0.4 is 14.4 Å². The molecule has 0 radical (unpaired) electrons. The van der Waals surface area contributed by atoms with E-state index in [2.05, 4.69) is 21.2 Å². The summed E-state index contributed by atoms with van der Waals surface area (Å²) in [5, 5.41) is 2.66. The molecule has 202 valence electrons. The first-order valence-corrected chi connectivity index (χ1v) is 14.8. The summed E-state index contributed by atoms with van der Waals surface area (Å²) in [4.78, 5) is 28.6. The van der Waals surface area contributed by atoms with Crippen LogP contribution in [0.4, 0.5) is 5.69 Å². The Balaban J connectivity index is 2.05. The van der Waals surface area contributed by atoms with Gasteiger partial charge in [-0.2, -0.15) is 0 Å². The molecule has 3 rings (SSSR count). The van der Waals surface area contributed by atoms with Crippen LogP contribution in [-0.4, -0.2) is 57.6 Å². The Kier molecular flexibility index (Phi) is 10.3. The molecule has 0 aliphatic rings. The number of hydrogen-bond acceptors (Lipinski definition) is 5. The molecule has 0 saturated heterocycles. The minimum Gasteiger partial charge on any atom is -0.492 e. The highest BCUT2D eigenvalue weighted by atomic mass is 79.9. The zero-order valence-electron chi connectivity index (χ0n) is 21.6. The van der Waals surface area contributed by atoms with Gasteiger partial charge in [-0.1, -0.05) is 70.5 Å². The third-order valence-electron chi connectivity index (χ3n) is 5.87. The second kappa shape index (κ2) is 13.4. The quantitative estimate of drug-likeness (QED) is 0.338. The summed E-state index contributed by atoms with van der Waals surface area (Å²) in [5.41, 5.74) is 1.91. The number of nitrogens with one attached hydrogen (secondary N) is 1. The first-order chi connectivity index (χ1) is 18.1. The van der Waals surface area contributed by atoms with Crippen molar-refractivity contribution in [1.29, 1.82) is 0 Å². The monoisotopic (exact) mass is 601 g/mol. The van der Waals surface area contributed by atoms with Crippen LogP contribution in [0.3, 0.4) is 0 Å². The molecule has 0 unspecified atom stereocenters. The number of benzene rings is 3. The number of para-hydroxylation sites is 2. The topological polar surface area (TPSA) is 96.0 Å². The SMILES string of the molecule is CCOc1ccccc1N(CC(=O)N(Cc1cccc(Br)c1)[C@H](Cc1ccccc1)C(=O)NC)S(C)(=O)=O. The maximum atomic E-state index is 14.0. The Morgan fingerprint density at radius 1 is 0.974 bits per heavy atom. The highest BCUT2D eigenvalue weighted by Gasteiger charge is 2.33. The van der Waals surface area contributed by atoms with Crippen molar-refractivity contribution in [3.63, 3.8) is 0 Å². The highest BCUT2D eigenvalue weighted by Crippen LogP contribution is 2.30. The molecule has 2 amide bonds. The van der Waals surface area contributed by atoms with Crippen LogP contribution in [0.1, 0.15) is 18.1 Å². The summed E-state index contributed by atoms with van der Waals surface area (Å²) in [5.74, 6) is -0.525. The molecule has 3 aromatic rings. The molecule has 0 fully saturated rings. The van der Waals surface area contributed by atoms with E-state index in [0.717, 1.165) is 26.2 Å². The van der Waals surface area contributed by atoms with E-state index in [9.17, 15) is 18.0 Å². The second-order valence-corrected chi connectivity index (χ2v) is 11.5. The first-order valence-electron chi connectivity index (χ1n) is 12.1. The van der Waals surface area contributed by atoms with E-state index in [1.54, 1.807) is 31.2 Å².